The van der Waals surface area contributed by atoms with E-state index in [1.807, 2.05) is 25.1 Å². The smallest absolute Gasteiger partial charge is 0.320 e. The van der Waals surface area contributed by atoms with Crippen LogP contribution in [0.25, 0.3) is 0 Å². The van der Waals surface area contributed by atoms with E-state index in [0.717, 1.165) is 22.9 Å². The summed E-state index contributed by atoms with van der Waals surface area (Å²) in [4.78, 5) is 11.1. The zero-order chi connectivity index (χ0) is 13.5. The first-order valence-corrected chi connectivity index (χ1v) is 7.11. The molecule has 1 aromatic rings. The first kappa shape index (κ1) is 15.5. The van der Waals surface area contributed by atoms with Crippen LogP contribution in [0.4, 0.5) is 0 Å². The highest BCUT2D eigenvalue weighted by Crippen LogP contribution is 2.23. The van der Waals surface area contributed by atoms with Gasteiger partial charge >= 0.3 is 5.97 Å². The lowest BCUT2D eigenvalue weighted by Gasteiger charge is -2.14. The summed E-state index contributed by atoms with van der Waals surface area (Å²) in [6.45, 7) is 2.56. The number of halogens is 2. The molecule has 5 heteroatoms. The molecular formula is C13H17BrClNO2. The van der Waals surface area contributed by atoms with Crippen LogP contribution in [-0.4, -0.2) is 17.1 Å². The third kappa shape index (κ3) is 4.96. The van der Waals surface area contributed by atoms with Gasteiger partial charge in [-0.25, -0.2) is 0 Å². The molecule has 1 aromatic carbocycles. The number of hydrogen-bond acceptors (Lipinski definition) is 2. The highest BCUT2D eigenvalue weighted by molar-refractivity contribution is 9.10. The minimum Gasteiger partial charge on any atom is -0.480 e. The molecule has 0 saturated heterocycles. The van der Waals surface area contributed by atoms with Crippen LogP contribution in [0.1, 0.15) is 31.7 Å². The number of carboxylic acid groups (broad SMARTS) is 1. The topological polar surface area (TPSA) is 49.3 Å². The quantitative estimate of drug-likeness (QED) is 0.796. The Morgan fingerprint density at radius 2 is 2.28 bits per heavy atom. The Bertz CT molecular complexity index is 412. The third-order valence-electron chi connectivity index (χ3n) is 2.68. The van der Waals surface area contributed by atoms with Gasteiger partial charge in [0, 0.05) is 11.0 Å². The number of rotatable bonds is 7. The average molecular weight is 335 g/mol. The lowest BCUT2D eigenvalue weighted by molar-refractivity contribution is -0.139. The number of aliphatic carboxylic acids is 1. The molecule has 0 saturated carbocycles. The molecule has 0 aliphatic carbocycles. The van der Waals surface area contributed by atoms with E-state index in [-0.39, 0.29) is 0 Å². The molecule has 1 rings (SSSR count). The van der Waals surface area contributed by atoms with Crippen LogP contribution in [0.15, 0.2) is 22.7 Å². The average Bonchev–Trinajstić information content (AvgIpc) is 2.33. The number of unbranched alkanes of at least 4 members (excludes halogenated alkanes) is 1. The van der Waals surface area contributed by atoms with Gasteiger partial charge in [-0.1, -0.05) is 37.4 Å². The van der Waals surface area contributed by atoms with Crippen molar-refractivity contribution in [3.05, 3.63) is 33.3 Å². The second-order valence-corrected chi connectivity index (χ2v) is 5.42. The minimum atomic E-state index is -0.799. The van der Waals surface area contributed by atoms with Gasteiger partial charge in [0.1, 0.15) is 6.04 Å². The number of benzene rings is 1. The Labute approximate surface area is 121 Å². The van der Waals surface area contributed by atoms with Gasteiger partial charge in [-0.15, -0.1) is 0 Å². The zero-order valence-electron chi connectivity index (χ0n) is 10.2. The van der Waals surface area contributed by atoms with Crippen molar-refractivity contribution in [1.29, 1.82) is 0 Å². The maximum absolute atomic E-state index is 11.1. The fourth-order valence-corrected chi connectivity index (χ4v) is 2.06. The van der Waals surface area contributed by atoms with Crippen LogP contribution in [0.5, 0.6) is 0 Å². The summed E-state index contributed by atoms with van der Waals surface area (Å²) in [6, 6.07) is 5.12. The molecule has 1 atom stereocenters. The van der Waals surface area contributed by atoms with Crippen LogP contribution in [-0.2, 0) is 11.3 Å². The van der Waals surface area contributed by atoms with Gasteiger partial charge in [-0.3, -0.25) is 4.79 Å². The summed E-state index contributed by atoms with van der Waals surface area (Å²) in [5.74, 6) is -0.799. The SMILES string of the molecule is CCCC[C@H](NCc1ccc(Br)c(Cl)c1)C(=O)O. The largest absolute Gasteiger partial charge is 0.480 e. The molecule has 0 bridgehead atoms. The van der Waals surface area contributed by atoms with Gasteiger partial charge in [-0.05, 0) is 40.0 Å². The predicted molar refractivity (Wildman–Crippen MR) is 76.9 cm³/mol. The van der Waals surface area contributed by atoms with Crippen molar-refractivity contribution in [1.82, 2.24) is 5.32 Å². The van der Waals surface area contributed by atoms with Gasteiger partial charge in [0.2, 0.25) is 0 Å². The summed E-state index contributed by atoms with van der Waals surface area (Å²) in [5, 5.41) is 12.8. The van der Waals surface area contributed by atoms with Gasteiger partial charge < -0.3 is 10.4 Å². The van der Waals surface area contributed by atoms with E-state index in [4.69, 9.17) is 16.7 Å². The molecule has 18 heavy (non-hydrogen) atoms. The van der Waals surface area contributed by atoms with Crippen LogP contribution in [0.3, 0.4) is 0 Å². The molecule has 100 valence electrons. The molecule has 3 nitrogen and oxygen atoms in total. The third-order valence-corrected chi connectivity index (χ3v) is 3.91. The van der Waals surface area contributed by atoms with E-state index in [2.05, 4.69) is 21.2 Å². The van der Waals surface area contributed by atoms with Crippen molar-refractivity contribution < 1.29 is 9.90 Å². The Morgan fingerprint density at radius 1 is 1.56 bits per heavy atom. The summed E-state index contributed by atoms with van der Waals surface area (Å²) in [7, 11) is 0. The zero-order valence-corrected chi connectivity index (χ0v) is 12.6. The van der Waals surface area contributed by atoms with Crippen molar-refractivity contribution >= 4 is 33.5 Å². The minimum absolute atomic E-state index is 0.493. The molecular weight excluding hydrogens is 318 g/mol. The highest BCUT2D eigenvalue weighted by atomic mass is 79.9. The summed E-state index contributed by atoms with van der Waals surface area (Å²) in [5.41, 5.74) is 0.978. The number of carbonyl (C=O) groups is 1. The van der Waals surface area contributed by atoms with Crippen LogP contribution in [0, 0.1) is 0 Å². The molecule has 0 unspecified atom stereocenters. The molecule has 0 amide bonds. The molecule has 0 spiro atoms. The lowest BCUT2D eigenvalue weighted by Crippen LogP contribution is -2.36. The molecule has 0 heterocycles. The predicted octanol–water partition coefficient (Wildman–Crippen LogP) is 3.84. The van der Waals surface area contributed by atoms with Gasteiger partial charge in [0.05, 0.1) is 5.02 Å². The normalized spacial score (nSPS) is 12.4. The molecule has 0 aliphatic heterocycles. The summed E-state index contributed by atoms with van der Waals surface area (Å²) >= 11 is 9.30. The molecule has 2 N–H and O–H groups in total. The Hall–Kier alpha value is -0.580. The van der Waals surface area contributed by atoms with Crippen molar-refractivity contribution in [2.24, 2.45) is 0 Å². The standard InChI is InChI=1S/C13H17BrClNO2/c1-2-3-4-12(13(17)18)16-8-9-5-6-10(14)11(15)7-9/h5-7,12,16H,2-4,8H2,1H3,(H,17,18)/t12-/m0/s1. The molecule has 0 aliphatic rings. The van der Waals surface area contributed by atoms with Crippen LogP contribution < -0.4 is 5.32 Å². The van der Waals surface area contributed by atoms with Gasteiger partial charge in [0.25, 0.3) is 0 Å². The summed E-state index contributed by atoms with van der Waals surface area (Å²) < 4.78 is 0.841. The Morgan fingerprint density at radius 3 is 2.83 bits per heavy atom. The fraction of sp³-hybridized carbons (Fsp3) is 0.462. The van der Waals surface area contributed by atoms with E-state index in [9.17, 15) is 4.79 Å². The van der Waals surface area contributed by atoms with E-state index in [0.29, 0.717) is 18.0 Å². The van der Waals surface area contributed by atoms with Crippen molar-refractivity contribution in [2.75, 3.05) is 0 Å². The van der Waals surface area contributed by atoms with E-state index < -0.39 is 12.0 Å². The van der Waals surface area contributed by atoms with Crippen molar-refractivity contribution in [3.63, 3.8) is 0 Å². The van der Waals surface area contributed by atoms with Crippen molar-refractivity contribution in [3.8, 4) is 0 Å². The first-order valence-electron chi connectivity index (χ1n) is 5.94. The van der Waals surface area contributed by atoms with Crippen LogP contribution >= 0.6 is 27.5 Å². The molecule has 0 aromatic heterocycles. The Kier molecular flexibility index (Phi) is 6.68. The fourth-order valence-electron chi connectivity index (χ4n) is 1.61. The second-order valence-electron chi connectivity index (χ2n) is 4.16. The van der Waals surface area contributed by atoms with E-state index in [1.54, 1.807) is 0 Å². The maximum Gasteiger partial charge on any atom is 0.320 e. The molecule has 0 fully saturated rings. The lowest BCUT2D eigenvalue weighted by atomic mass is 10.1. The number of hydrogen-bond donors (Lipinski definition) is 2. The molecule has 0 radical (unpaired) electrons. The van der Waals surface area contributed by atoms with E-state index in [1.165, 1.54) is 0 Å². The number of carboxylic acids is 1. The van der Waals surface area contributed by atoms with E-state index >= 15 is 0 Å². The highest BCUT2D eigenvalue weighted by Gasteiger charge is 2.15. The summed E-state index contributed by atoms with van der Waals surface area (Å²) in [6.07, 6.45) is 2.55. The Balaban J connectivity index is 2.55. The van der Waals surface area contributed by atoms with Crippen molar-refractivity contribution in [2.45, 2.75) is 38.8 Å². The van der Waals surface area contributed by atoms with Gasteiger partial charge in [-0.2, -0.15) is 0 Å². The van der Waals surface area contributed by atoms with Gasteiger partial charge in [0.15, 0.2) is 0 Å². The van der Waals surface area contributed by atoms with Crippen LogP contribution in [0.2, 0.25) is 5.02 Å². The second kappa shape index (κ2) is 7.77. The maximum atomic E-state index is 11.1. The first-order chi connectivity index (χ1) is 8.54. The monoisotopic (exact) mass is 333 g/mol. The number of nitrogens with one attached hydrogen (secondary N) is 1.